The van der Waals surface area contributed by atoms with E-state index in [1.807, 2.05) is 18.2 Å². The number of aliphatic hydroxyl groups is 1. The molecule has 1 fully saturated rings. The van der Waals surface area contributed by atoms with E-state index in [0.29, 0.717) is 11.7 Å². The van der Waals surface area contributed by atoms with Gasteiger partial charge >= 0.3 is 0 Å². The molecule has 17 heavy (non-hydrogen) atoms. The quantitative estimate of drug-likeness (QED) is 0.878. The molecule has 0 saturated carbocycles. The van der Waals surface area contributed by atoms with Gasteiger partial charge in [0, 0.05) is 4.47 Å². The minimum atomic E-state index is -0.568. The first-order valence-corrected chi connectivity index (χ1v) is 6.79. The van der Waals surface area contributed by atoms with Gasteiger partial charge < -0.3 is 5.11 Å². The highest BCUT2D eigenvalue weighted by Crippen LogP contribution is 2.32. The number of rotatable bonds is 1. The Morgan fingerprint density at radius 1 is 1.53 bits per heavy atom. The van der Waals surface area contributed by atoms with Crippen LogP contribution in [0.2, 0.25) is 0 Å². The molecule has 0 radical (unpaired) electrons. The van der Waals surface area contributed by atoms with Crippen LogP contribution in [0.3, 0.4) is 0 Å². The van der Waals surface area contributed by atoms with Gasteiger partial charge in [-0.15, -0.1) is 0 Å². The molecule has 0 spiro atoms. The summed E-state index contributed by atoms with van der Waals surface area (Å²) < 4.78 is 2.02. The van der Waals surface area contributed by atoms with Crippen molar-refractivity contribution in [2.75, 3.05) is 11.4 Å². The number of aliphatic hydroxyl groups excluding tert-OH is 1. The van der Waals surface area contributed by atoms with Gasteiger partial charge in [0.25, 0.3) is 0 Å². The van der Waals surface area contributed by atoms with Crippen LogP contribution in [0.25, 0.3) is 10.2 Å². The lowest BCUT2D eigenvalue weighted by atomic mass is 10.3. The van der Waals surface area contributed by atoms with Crippen LogP contribution < -0.4 is 4.90 Å². The van der Waals surface area contributed by atoms with E-state index in [-0.39, 0.29) is 12.3 Å². The average molecular weight is 313 g/mol. The van der Waals surface area contributed by atoms with Crippen molar-refractivity contribution in [1.82, 2.24) is 4.98 Å². The molecule has 1 aromatic heterocycles. The van der Waals surface area contributed by atoms with Crippen LogP contribution in [0, 0.1) is 0 Å². The molecule has 2 heterocycles. The normalized spacial score (nSPS) is 20.5. The lowest BCUT2D eigenvalue weighted by Gasteiger charge is -2.10. The van der Waals surface area contributed by atoms with Gasteiger partial charge in [-0.2, -0.15) is 0 Å². The Morgan fingerprint density at radius 2 is 2.35 bits per heavy atom. The zero-order valence-corrected chi connectivity index (χ0v) is 11.2. The molecule has 3 rings (SSSR count). The van der Waals surface area contributed by atoms with E-state index in [2.05, 4.69) is 20.9 Å². The number of nitrogens with zero attached hydrogens (tertiary/aromatic N) is 2. The first kappa shape index (κ1) is 11.1. The van der Waals surface area contributed by atoms with Crippen molar-refractivity contribution in [2.24, 2.45) is 0 Å². The molecule has 88 valence electrons. The fourth-order valence-corrected chi connectivity index (χ4v) is 3.42. The van der Waals surface area contributed by atoms with Crippen molar-refractivity contribution >= 4 is 48.5 Å². The minimum Gasteiger partial charge on any atom is -0.391 e. The van der Waals surface area contributed by atoms with Crippen LogP contribution >= 0.6 is 27.3 Å². The Bertz CT molecular complexity index is 598. The Labute approximate surface area is 110 Å². The number of carbonyl (C=O) groups excluding carboxylic acids is 1. The van der Waals surface area contributed by atoms with Gasteiger partial charge in [0.05, 0.1) is 29.3 Å². The maximum atomic E-state index is 11.7. The zero-order valence-electron chi connectivity index (χ0n) is 8.76. The molecule has 2 aromatic rings. The summed E-state index contributed by atoms with van der Waals surface area (Å²) in [4.78, 5) is 17.6. The summed E-state index contributed by atoms with van der Waals surface area (Å²) in [6.45, 7) is 0.347. The standard InChI is InChI=1S/C11H9BrN2O2S/c12-6-1-2-8-9(3-6)17-11(13-8)14-5-7(15)4-10(14)16/h1-3,7,15H,4-5H2. The van der Waals surface area contributed by atoms with E-state index in [0.717, 1.165) is 14.7 Å². The number of halogens is 1. The lowest BCUT2D eigenvalue weighted by Crippen LogP contribution is -2.24. The van der Waals surface area contributed by atoms with Gasteiger partial charge in [0.15, 0.2) is 5.13 Å². The Morgan fingerprint density at radius 3 is 3.06 bits per heavy atom. The molecule has 1 unspecified atom stereocenters. The van der Waals surface area contributed by atoms with Crippen LogP contribution in [0.1, 0.15) is 6.42 Å². The molecular weight excluding hydrogens is 304 g/mol. The van der Waals surface area contributed by atoms with Gasteiger partial charge in [0.2, 0.25) is 5.91 Å². The molecule has 1 N–H and O–H groups in total. The largest absolute Gasteiger partial charge is 0.391 e. The number of benzene rings is 1. The summed E-state index contributed by atoms with van der Waals surface area (Å²) in [6, 6.07) is 5.82. The van der Waals surface area contributed by atoms with Crippen molar-refractivity contribution in [3.8, 4) is 0 Å². The molecule has 4 nitrogen and oxygen atoms in total. The number of anilines is 1. The first-order valence-electron chi connectivity index (χ1n) is 5.18. The Kier molecular flexibility index (Phi) is 2.65. The maximum Gasteiger partial charge on any atom is 0.231 e. The molecular formula is C11H9BrN2O2S. The summed E-state index contributed by atoms with van der Waals surface area (Å²) in [5.74, 6) is -0.0596. The topological polar surface area (TPSA) is 53.4 Å². The fourth-order valence-electron chi connectivity index (χ4n) is 1.88. The Hall–Kier alpha value is -0.980. The van der Waals surface area contributed by atoms with E-state index in [1.54, 1.807) is 4.90 Å². The number of β-amino-alcohol motifs (C(OH)–C–C–N with tert-alkyl or cyclic N) is 1. The number of fused-ring (bicyclic) bond motifs is 1. The van der Waals surface area contributed by atoms with E-state index in [1.165, 1.54) is 11.3 Å². The number of carbonyl (C=O) groups is 1. The number of amides is 1. The predicted molar refractivity (Wildman–Crippen MR) is 70.3 cm³/mol. The number of hydrogen-bond donors (Lipinski definition) is 1. The molecule has 0 aliphatic carbocycles. The van der Waals surface area contributed by atoms with Crippen LogP contribution in [0.4, 0.5) is 5.13 Å². The van der Waals surface area contributed by atoms with Crippen molar-refractivity contribution in [3.05, 3.63) is 22.7 Å². The Balaban J connectivity index is 2.03. The van der Waals surface area contributed by atoms with E-state index in [4.69, 9.17) is 0 Å². The van der Waals surface area contributed by atoms with Crippen LogP contribution in [-0.2, 0) is 4.79 Å². The number of aromatic nitrogens is 1. The third-order valence-corrected chi connectivity index (χ3v) is 4.21. The lowest BCUT2D eigenvalue weighted by molar-refractivity contribution is -0.117. The van der Waals surface area contributed by atoms with Crippen molar-refractivity contribution in [2.45, 2.75) is 12.5 Å². The smallest absolute Gasteiger partial charge is 0.231 e. The molecule has 1 aliphatic rings. The van der Waals surface area contributed by atoms with Crippen molar-refractivity contribution in [1.29, 1.82) is 0 Å². The highest BCUT2D eigenvalue weighted by molar-refractivity contribution is 9.10. The molecule has 6 heteroatoms. The molecule has 1 aliphatic heterocycles. The summed E-state index contributed by atoms with van der Waals surface area (Å²) in [6.07, 6.45) is -0.374. The molecule has 1 saturated heterocycles. The maximum absolute atomic E-state index is 11.7. The number of hydrogen-bond acceptors (Lipinski definition) is 4. The zero-order chi connectivity index (χ0) is 12.0. The second-order valence-corrected chi connectivity index (χ2v) is 5.90. The highest BCUT2D eigenvalue weighted by atomic mass is 79.9. The first-order chi connectivity index (χ1) is 8.13. The average Bonchev–Trinajstić information content (AvgIpc) is 2.80. The van der Waals surface area contributed by atoms with Crippen molar-refractivity contribution < 1.29 is 9.90 Å². The van der Waals surface area contributed by atoms with E-state index >= 15 is 0 Å². The molecule has 1 amide bonds. The summed E-state index contributed by atoms with van der Waals surface area (Å²) in [7, 11) is 0. The van der Waals surface area contributed by atoms with Crippen LogP contribution in [-0.4, -0.2) is 28.6 Å². The predicted octanol–water partition coefficient (Wildman–Crippen LogP) is 2.16. The highest BCUT2D eigenvalue weighted by Gasteiger charge is 2.31. The van der Waals surface area contributed by atoms with Gasteiger partial charge in [-0.1, -0.05) is 27.3 Å². The molecule has 0 bridgehead atoms. The van der Waals surface area contributed by atoms with Crippen molar-refractivity contribution in [3.63, 3.8) is 0 Å². The van der Waals surface area contributed by atoms with E-state index in [9.17, 15) is 9.90 Å². The second-order valence-electron chi connectivity index (χ2n) is 3.97. The van der Waals surface area contributed by atoms with Gasteiger partial charge in [-0.05, 0) is 18.2 Å². The third kappa shape index (κ3) is 1.96. The van der Waals surface area contributed by atoms with Crippen LogP contribution in [0.15, 0.2) is 22.7 Å². The molecule has 1 aromatic carbocycles. The summed E-state index contributed by atoms with van der Waals surface area (Å²) >= 11 is 4.87. The SMILES string of the molecule is O=C1CC(O)CN1c1nc2ccc(Br)cc2s1. The van der Waals surface area contributed by atoms with Gasteiger partial charge in [-0.25, -0.2) is 4.98 Å². The van der Waals surface area contributed by atoms with Gasteiger partial charge in [-0.3, -0.25) is 9.69 Å². The fraction of sp³-hybridized carbons (Fsp3) is 0.273. The summed E-state index contributed by atoms with van der Waals surface area (Å²) in [5, 5.41) is 10.1. The summed E-state index contributed by atoms with van der Waals surface area (Å²) in [5.41, 5.74) is 0.877. The van der Waals surface area contributed by atoms with Gasteiger partial charge in [0.1, 0.15) is 0 Å². The monoisotopic (exact) mass is 312 g/mol. The van der Waals surface area contributed by atoms with Crippen LogP contribution in [0.5, 0.6) is 0 Å². The minimum absolute atomic E-state index is 0.0596. The molecule has 1 atom stereocenters. The number of thiazole rings is 1. The van der Waals surface area contributed by atoms with E-state index < -0.39 is 6.10 Å². The third-order valence-electron chi connectivity index (χ3n) is 2.67. The second kappa shape index (κ2) is 4.04.